The quantitative estimate of drug-likeness (QED) is 0.884. The lowest BCUT2D eigenvalue weighted by Gasteiger charge is -2.09. The second-order valence-corrected chi connectivity index (χ2v) is 6.61. The smallest absolute Gasteiger partial charge is 0.240 e. The van der Waals surface area contributed by atoms with Crippen LogP contribution in [0.25, 0.3) is 0 Å². The number of benzene rings is 1. The summed E-state index contributed by atoms with van der Waals surface area (Å²) in [7, 11) is -3.59. The average molecular weight is 306 g/mol. The van der Waals surface area contributed by atoms with Gasteiger partial charge in [-0.05, 0) is 43.7 Å². The standard InChI is InChI=1S/C15H18N2O3S/c1-11-4-3-5-14(17-11)10-16-21(19,20)15-8-6-13(7-9-15)12(2)18/h3-9,12,16,18H,10H2,1-2H3. The van der Waals surface area contributed by atoms with Crippen LogP contribution in [0.2, 0.25) is 0 Å². The molecule has 1 aromatic carbocycles. The fourth-order valence-electron chi connectivity index (χ4n) is 1.88. The molecule has 1 atom stereocenters. The van der Waals surface area contributed by atoms with Crippen LogP contribution in [0.5, 0.6) is 0 Å². The first-order chi connectivity index (χ1) is 9.88. The van der Waals surface area contributed by atoms with E-state index in [0.717, 1.165) is 5.69 Å². The maximum absolute atomic E-state index is 12.2. The molecule has 0 fully saturated rings. The lowest BCUT2D eigenvalue weighted by molar-refractivity contribution is 0.199. The Bertz CT molecular complexity index is 710. The molecule has 0 saturated heterocycles. The highest BCUT2D eigenvalue weighted by Gasteiger charge is 2.14. The molecule has 112 valence electrons. The van der Waals surface area contributed by atoms with E-state index in [1.807, 2.05) is 19.1 Å². The zero-order chi connectivity index (χ0) is 15.5. The molecule has 2 rings (SSSR count). The molecule has 1 aromatic heterocycles. The summed E-state index contributed by atoms with van der Waals surface area (Å²) < 4.78 is 26.9. The maximum Gasteiger partial charge on any atom is 0.240 e. The van der Waals surface area contributed by atoms with Gasteiger partial charge in [0.05, 0.1) is 23.2 Å². The number of hydrogen-bond donors (Lipinski definition) is 2. The van der Waals surface area contributed by atoms with Gasteiger partial charge in [-0.1, -0.05) is 18.2 Å². The van der Waals surface area contributed by atoms with Gasteiger partial charge in [0.2, 0.25) is 10.0 Å². The fraction of sp³-hybridized carbons (Fsp3) is 0.267. The topological polar surface area (TPSA) is 79.3 Å². The molecular formula is C15H18N2O3S. The van der Waals surface area contributed by atoms with Gasteiger partial charge in [0, 0.05) is 5.69 Å². The highest BCUT2D eigenvalue weighted by molar-refractivity contribution is 7.89. The number of hydrogen-bond acceptors (Lipinski definition) is 4. The summed E-state index contributed by atoms with van der Waals surface area (Å²) in [6, 6.07) is 11.6. The first kappa shape index (κ1) is 15.6. The first-order valence-electron chi connectivity index (χ1n) is 6.59. The monoisotopic (exact) mass is 306 g/mol. The molecule has 0 aliphatic rings. The van der Waals surface area contributed by atoms with E-state index in [2.05, 4.69) is 9.71 Å². The van der Waals surface area contributed by atoms with Gasteiger partial charge in [-0.25, -0.2) is 13.1 Å². The molecule has 0 aliphatic heterocycles. The molecule has 0 bridgehead atoms. The fourth-order valence-corrected chi connectivity index (χ4v) is 2.87. The van der Waals surface area contributed by atoms with Gasteiger partial charge in [0.1, 0.15) is 0 Å². The zero-order valence-electron chi connectivity index (χ0n) is 11.9. The largest absolute Gasteiger partial charge is 0.389 e. The normalized spacial score (nSPS) is 13.1. The summed E-state index contributed by atoms with van der Waals surface area (Å²) in [5.41, 5.74) is 2.18. The van der Waals surface area contributed by atoms with Crippen LogP contribution in [-0.4, -0.2) is 18.5 Å². The summed E-state index contributed by atoms with van der Waals surface area (Å²) in [5, 5.41) is 9.42. The Morgan fingerprint density at radius 1 is 1.19 bits per heavy atom. The number of aliphatic hydroxyl groups is 1. The van der Waals surface area contributed by atoms with Crippen LogP contribution in [0.3, 0.4) is 0 Å². The molecule has 0 radical (unpaired) electrons. The van der Waals surface area contributed by atoms with Crippen molar-refractivity contribution in [2.24, 2.45) is 0 Å². The van der Waals surface area contributed by atoms with Gasteiger partial charge in [0.25, 0.3) is 0 Å². The van der Waals surface area contributed by atoms with E-state index in [1.54, 1.807) is 25.1 Å². The molecule has 0 amide bonds. The van der Waals surface area contributed by atoms with Crippen molar-refractivity contribution in [3.05, 3.63) is 59.4 Å². The molecule has 21 heavy (non-hydrogen) atoms. The second kappa shape index (κ2) is 6.34. The van der Waals surface area contributed by atoms with Crippen LogP contribution in [0.4, 0.5) is 0 Å². The van der Waals surface area contributed by atoms with E-state index >= 15 is 0 Å². The average Bonchev–Trinajstić information content (AvgIpc) is 2.45. The van der Waals surface area contributed by atoms with Crippen molar-refractivity contribution >= 4 is 10.0 Å². The molecule has 1 unspecified atom stereocenters. The summed E-state index contributed by atoms with van der Waals surface area (Å²) >= 11 is 0. The molecule has 6 heteroatoms. The van der Waals surface area contributed by atoms with E-state index < -0.39 is 16.1 Å². The van der Waals surface area contributed by atoms with E-state index in [1.165, 1.54) is 12.1 Å². The van der Waals surface area contributed by atoms with Gasteiger partial charge in [-0.2, -0.15) is 0 Å². The maximum atomic E-state index is 12.2. The zero-order valence-corrected chi connectivity index (χ0v) is 12.8. The summed E-state index contributed by atoms with van der Waals surface area (Å²) in [4.78, 5) is 4.41. The van der Waals surface area contributed by atoms with Crippen LogP contribution in [-0.2, 0) is 16.6 Å². The Kier molecular flexibility index (Phi) is 4.72. The highest BCUT2D eigenvalue weighted by atomic mass is 32.2. The number of pyridine rings is 1. The van der Waals surface area contributed by atoms with Gasteiger partial charge >= 0.3 is 0 Å². The Labute approximate surface area is 124 Å². The number of nitrogens with one attached hydrogen (secondary N) is 1. The van der Waals surface area contributed by atoms with E-state index in [-0.39, 0.29) is 11.4 Å². The molecular weight excluding hydrogens is 288 g/mol. The lowest BCUT2D eigenvalue weighted by Crippen LogP contribution is -2.23. The van der Waals surface area contributed by atoms with Crippen molar-refractivity contribution in [1.82, 2.24) is 9.71 Å². The van der Waals surface area contributed by atoms with Crippen LogP contribution in [0.1, 0.15) is 30.0 Å². The Balaban J connectivity index is 2.11. The summed E-state index contributed by atoms with van der Waals surface area (Å²) in [6.07, 6.45) is -0.619. The lowest BCUT2D eigenvalue weighted by atomic mass is 10.1. The number of aryl methyl sites for hydroxylation is 1. The molecule has 0 saturated carbocycles. The molecule has 2 N–H and O–H groups in total. The van der Waals surface area contributed by atoms with E-state index in [9.17, 15) is 13.5 Å². The number of nitrogens with zero attached hydrogens (tertiary/aromatic N) is 1. The molecule has 0 spiro atoms. The predicted octanol–water partition coefficient (Wildman–Crippen LogP) is 1.92. The summed E-state index contributed by atoms with van der Waals surface area (Å²) in [5.74, 6) is 0. The van der Waals surface area contributed by atoms with Gasteiger partial charge in [-0.3, -0.25) is 4.98 Å². The van der Waals surface area contributed by atoms with Crippen molar-refractivity contribution in [1.29, 1.82) is 0 Å². The number of sulfonamides is 1. The second-order valence-electron chi connectivity index (χ2n) is 4.84. The van der Waals surface area contributed by atoms with Crippen molar-refractivity contribution in [2.75, 3.05) is 0 Å². The van der Waals surface area contributed by atoms with E-state index in [4.69, 9.17) is 0 Å². The molecule has 1 heterocycles. The minimum Gasteiger partial charge on any atom is -0.389 e. The highest BCUT2D eigenvalue weighted by Crippen LogP contribution is 2.16. The van der Waals surface area contributed by atoms with Crippen LogP contribution >= 0.6 is 0 Å². The van der Waals surface area contributed by atoms with Crippen LogP contribution in [0.15, 0.2) is 47.4 Å². The summed E-state index contributed by atoms with van der Waals surface area (Å²) in [6.45, 7) is 3.63. The van der Waals surface area contributed by atoms with Gasteiger partial charge in [-0.15, -0.1) is 0 Å². The Hall–Kier alpha value is -1.76. The number of rotatable bonds is 5. The third-order valence-electron chi connectivity index (χ3n) is 3.06. The third kappa shape index (κ3) is 4.10. The first-order valence-corrected chi connectivity index (χ1v) is 8.07. The van der Waals surface area contributed by atoms with Crippen LogP contribution in [0, 0.1) is 6.92 Å². The minimum atomic E-state index is -3.59. The third-order valence-corrected chi connectivity index (χ3v) is 4.48. The molecule has 2 aromatic rings. The predicted molar refractivity (Wildman–Crippen MR) is 80.1 cm³/mol. The van der Waals surface area contributed by atoms with Crippen molar-refractivity contribution in [2.45, 2.75) is 31.4 Å². The van der Waals surface area contributed by atoms with Gasteiger partial charge in [0.15, 0.2) is 0 Å². The van der Waals surface area contributed by atoms with Gasteiger partial charge < -0.3 is 5.11 Å². The molecule has 0 aliphatic carbocycles. The van der Waals surface area contributed by atoms with Crippen molar-refractivity contribution in [3.63, 3.8) is 0 Å². The SMILES string of the molecule is Cc1cccc(CNS(=O)(=O)c2ccc(C(C)O)cc2)n1. The van der Waals surface area contributed by atoms with Crippen LogP contribution < -0.4 is 4.72 Å². The molecule has 5 nitrogen and oxygen atoms in total. The minimum absolute atomic E-state index is 0.141. The van der Waals surface area contributed by atoms with Crippen molar-refractivity contribution < 1.29 is 13.5 Å². The Morgan fingerprint density at radius 3 is 2.43 bits per heavy atom. The number of aromatic nitrogens is 1. The van der Waals surface area contributed by atoms with E-state index in [0.29, 0.717) is 11.3 Å². The van der Waals surface area contributed by atoms with Crippen molar-refractivity contribution in [3.8, 4) is 0 Å². The Morgan fingerprint density at radius 2 is 1.86 bits per heavy atom. The number of aliphatic hydroxyl groups excluding tert-OH is 1.